The molecular formula is C60H38N8. The lowest BCUT2D eigenvalue weighted by molar-refractivity contribution is 1.06. The molecular weight excluding hydrogens is 833 g/mol. The van der Waals surface area contributed by atoms with E-state index in [1.165, 1.54) is 5.39 Å². The van der Waals surface area contributed by atoms with Crippen LogP contribution in [0.15, 0.2) is 231 Å². The van der Waals surface area contributed by atoms with Crippen LogP contribution in [-0.2, 0) is 0 Å². The molecule has 68 heavy (non-hydrogen) atoms. The number of benzene rings is 9. The summed E-state index contributed by atoms with van der Waals surface area (Å²) in [4.78, 5) is 31.0. The molecule has 13 aromatic rings. The van der Waals surface area contributed by atoms with Crippen LogP contribution in [-0.4, -0.2) is 39.0 Å². The van der Waals surface area contributed by atoms with Crippen molar-refractivity contribution in [1.29, 1.82) is 0 Å². The zero-order valence-corrected chi connectivity index (χ0v) is 36.5. The molecule has 0 fully saturated rings. The minimum Gasteiger partial charge on any atom is -0.309 e. The van der Waals surface area contributed by atoms with Crippen LogP contribution in [0.1, 0.15) is 0 Å². The van der Waals surface area contributed by atoms with Gasteiger partial charge >= 0.3 is 0 Å². The minimum atomic E-state index is 0.524. The summed E-state index contributed by atoms with van der Waals surface area (Å²) in [6.45, 7) is 0. The highest BCUT2D eigenvalue weighted by molar-refractivity contribution is 6.19. The van der Waals surface area contributed by atoms with Crippen molar-refractivity contribution >= 4 is 43.6 Å². The van der Waals surface area contributed by atoms with Crippen molar-refractivity contribution in [3.63, 3.8) is 0 Å². The van der Waals surface area contributed by atoms with E-state index in [0.29, 0.717) is 34.9 Å². The first kappa shape index (κ1) is 39.0. The van der Waals surface area contributed by atoms with E-state index in [0.717, 1.165) is 83.0 Å². The normalized spacial score (nSPS) is 11.5. The highest BCUT2D eigenvalue weighted by Gasteiger charge is 2.22. The summed E-state index contributed by atoms with van der Waals surface area (Å²) in [5.41, 5.74) is 11.6. The molecule has 13 rings (SSSR count). The molecule has 0 atom stereocenters. The number of nitrogens with zero attached hydrogens (tertiary/aromatic N) is 8. The number of para-hydroxylation sites is 3. The zero-order chi connectivity index (χ0) is 45.0. The summed E-state index contributed by atoms with van der Waals surface area (Å²) >= 11 is 0. The average Bonchev–Trinajstić information content (AvgIpc) is 3.93. The Morgan fingerprint density at radius 3 is 0.868 bits per heavy atom. The maximum Gasteiger partial charge on any atom is 0.164 e. The molecule has 8 heteroatoms. The van der Waals surface area contributed by atoms with Crippen LogP contribution in [0.4, 0.5) is 0 Å². The summed E-state index contributed by atoms with van der Waals surface area (Å²) in [5, 5.41) is 4.61. The predicted molar refractivity (Wildman–Crippen MR) is 275 cm³/mol. The topological polar surface area (TPSA) is 87.2 Å². The number of hydrogen-bond donors (Lipinski definition) is 0. The Hall–Kier alpha value is -9.40. The molecule has 4 aromatic heterocycles. The van der Waals surface area contributed by atoms with Crippen molar-refractivity contribution in [2.75, 3.05) is 0 Å². The van der Waals surface area contributed by atoms with E-state index in [4.69, 9.17) is 29.9 Å². The third-order valence-electron chi connectivity index (χ3n) is 12.6. The van der Waals surface area contributed by atoms with Gasteiger partial charge in [-0.3, -0.25) is 0 Å². The van der Waals surface area contributed by atoms with Crippen molar-refractivity contribution in [3.05, 3.63) is 231 Å². The summed E-state index contributed by atoms with van der Waals surface area (Å²) in [6.07, 6.45) is 0. The van der Waals surface area contributed by atoms with E-state index in [2.05, 4.69) is 118 Å². The van der Waals surface area contributed by atoms with Crippen LogP contribution in [0.2, 0.25) is 0 Å². The Kier molecular flexibility index (Phi) is 9.31. The lowest BCUT2D eigenvalue weighted by Crippen LogP contribution is -2.03. The van der Waals surface area contributed by atoms with Crippen LogP contribution in [0.3, 0.4) is 0 Å². The van der Waals surface area contributed by atoms with Gasteiger partial charge in [0.25, 0.3) is 0 Å². The second-order valence-corrected chi connectivity index (χ2v) is 16.8. The molecule has 8 nitrogen and oxygen atoms in total. The Balaban J connectivity index is 1.12. The molecule has 0 saturated carbocycles. The van der Waals surface area contributed by atoms with Crippen molar-refractivity contribution in [2.24, 2.45) is 0 Å². The van der Waals surface area contributed by atoms with Crippen LogP contribution >= 0.6 is 0 Å². The van der Waals surface area contributed by atoms with Gasteiger partial charge < -0.3 is 9.13 Å². The molecule has 0 N–H and O–H groups in total. The fourth-order valence-electron chi connectivity index (χ4n) is 9.44. The average molecular weight is 871 g/mol. The molecule has 0 aliphatic carbocycles. The monoisotopic (exact) mass is 870 g/mol. The van der Waals surface area contributed by atoms with Gasteiger partial charge in [-0.05, 0) is 54.6 Å². The lowest BCUT2D eigenvalue weighted by Gasteiger charge is -2.15. The van der Waals surface area contributed by atoms with Gasteiger partial charge in [0.1, 0.15) is 0 Å². The predicted octanol–water partition coefficient (Wildman–Crippen LogP) is 14.3. The number of aromatic nitrogens is 8. The molecule has 0 saturated heterocycles. The van der Waals surface area contributed by atoms with Gasteiger partial charge in [0, 0.05) is 66.3 Å². The quantitative estimate of drug-likeness (QED) is 0.151. The SMILES string of the molecule is c1ccc(-c2nc(-c3ccccc3)nc(-c3cc(-c4nc(-c5ccccc5)nc(-c5ccccc5)n4)cc(-n4c5ccccc5c5cc6c(cc54)c4ccccc4n6-c4ccccc4)c3)n2)cc1. The van der Waals surface area contributed by atoms with Crippen LogP contribution in [0.5, 0.6) is 0 Å². The molecule has 4 heterocycles. The molecule has 0 bridgehead atoms. The fraction of sp³-hybridized carbons (Fsp3) is 0. The standard InChI is InChI=1S/C60H38N8/c1-6-20-39(21-7-1)55-61-56(40-22-8-2-9-23-40)64-59(63-55)43-34-44(60-65-57(41-24-10-3-11-25-41)62-58(66-60)42-26-12-4-13-27-42)36-46(35-43)68-52-33-19-17-31-48(52)50-37-53-49(38-54(50)68)47-30-16-18-32-51(47)67(53)45-28-14-5-15-29-45/h1-38H. The van der Waals surface area contributed by atoms with Crippen molar-refractivity contribution in [3.8, 4) is 79.7 Å². The molecule has 318 valence electrons. The highest BCUT2D eigenvalue weighted by Crippen LogP contribution is 2.41. The van der Waals surface area contributed by atoms with E-state index >= 15 is 0 Å². The molecule has 0 spiro atoms. The molecule has 0 aliphatic rings. The lowest BCUT2D eigenvalue weighted by atomic mass is 10.1. The minimum absolute atomic E-state index is 0.524. The first-order chi connectivity index (χ1) is 33.7. The van der Waals surface area contributed by atoms with Crippen molar-refractivity contribution in [2.45, 2.75) is 0 Å². The summed E-state index contributed by atoms with van der Waals surface area (Å²) in [7, 11) is 0. The van der Waals surface area contributed by atoms with Gasteiger partial charge in [0.15, 0.2) is 34.9 Å². The first-order valence-electron chi connectivity index (χ1n) is 22.6. The molecule has 0 amide bonds. The van der Waals surface area contributed by atoms with Gasteiger partial charge in [0.05, 0.1) is 22.1 Å². The van der Waals surface area contributed by atoms with Gasteiger partial charge in [0.2, 0.25) is 0 Å². The van der Waals surface area contributed by atoms with E-state index in [1.54, 1.807) is 0 Å². The zero-order valence-electron chi connectivity index (χ0n) is 36.5. The first-order valence-corrected chi connectivity index (χ1v) is 22.6. The second kappa shape index (κ2) is 16.2. The number of hydrogen-bond acceptors (Lipinski definition) is 6. The summed E-state index contributed by atoms with van der Waals surface area (Å²) in [6, 6.07) is 79.4. The van der Waals surface area contributed by atoms with Gasteiger partial charge in [-0.15, -0.1) is 0 Å². The smallest absolute Gasteiger partial charge is 0.164 e. The van der Waals surface area contributed by atoms with Crippen molar-refractivity contribution < 1.29 is 0 Å². The molecule has 0 unspecified atom stereocenters. The molecule has 9 aromatic carbocycles. The largest absolute Gasteiger partial charge is 0.309 e. The van der Waals surface area contributed by atoms with Gasteiger partial charge in [-0.25, -0.2) is 29.9 Å². The van der Waals surface area contributed by atoms with E-state index in [1.807, 2.05) is 121 Å². The Morgan fingerprint density at radius 1 is 0.206 bits per heavy atom. The molecule has 0 radical (unpaired) electrons. The number of fused-ring (bicyclic) bond motifs is 6. The van der Waals surface area contributed by atoms with Crippen LogP contribution in [0, 0.1) is 0 Å². The van der Waals surface area contributed by atoms with E-state index in [-0.39, 0.29) is 0 Å². The Bertz CT molecular complexity index is 3740. The second-order valence-electron chi connectivity index (χ2n) is 16.8. The van der Waals surface area contributed by atoms with Gasteiger partial charge in [-0.2, -0.15) is 0 Å². The third kappa shape index (κ3) is 6.78. The molecule has 0 aliphatic heterocycles. The highest BCUT2D eigenvalue weighted by atomic mass is 15.1. The van der Waals surface area contributed by atoms with Crippen LogP contribution < -0.4 is 0 Å². The maximum absolute atomic E-state index is 5.23. The van der Waals surface area contributed by atoms with E-state index < -0.39 is 0 Å². The van der Waals surface area contributed by atoms with Gasteiger partial charge in [-0.1, -0.05) is 176 Å². The van der Waals surface area contributed by atoms with E-state index in [9.17, 15) is 0 Å². The Labute approximate surface area is 391 Å². The number of rotatable bonds is 8. The Morgan fingerprint density at radius 2 is 0.500 bits per heavy atom. The maximum atomic E-state index is 5.23. The van der Waals surface area contributed by atoms with Crippen molar-refractivity contribution in [1.82, 2.24) is 39.0 Å². The van der Waals surface area contributed by atoms with Crippen LogP contribution in [0.25, 0.3) is 123 Å². The fourth-order valence-corrected chi connectivity index (χ4v) is 9.44. The summed E-state index contributed by atoms with van der Waals surface area (Å²) < 4.78 is 4.74. The third-order valence-corrected chi connectivity index (χ3v) is 12.6. The summed E-state index contributed by atoms with van der Waals surface area (Å²) in [5.74, 6) is 3.36.